The molecule has 1 aliphatic carbocycles. The van der Waals surface area contributed by atoms with E-state index in [1.807, 2.05) is 61.9 Å². The van der Waals surface area contributed by atoms with Crippen LogP contribution in [0.5, 0.6) is 0 Å². The molecule has 30 heavy (non-hydrogen) atoms. The van der Waals surface area contributed by atoms with E-state index in [1.165, 1.54) is 12.8 Å². The van der Waals surface area contributed by atoms with Gasteiger partial charge in [0.2, 0.25) is 0 Å². The second-order valence-corrected chi connectivity index (χ2v) is 8.26. The van der Waals surface area contributed by atoms with Gasteiger partial charge in [-0.2, -0.15) is 10.2 Å². The molecule has 1 aliphatic rings. The Morgan fingerprint density at radius 1 is 0.900 bits per heavy atom. The maximum absolute atomic E-state index is 4.94. The van der Waals surface area contributed by atoms with Gasteiger partial charge in [-0.15, -0.1) is 0 Å². The summed E-state index contributed by atoms with van der Waals surface area (Å²) < 4.78 is 3.61. The van der Waals surface area contributed by atoms with E-state index in [-0.39, 0.29) is 0 Å². The average molecular weight is 400 g/mol. The van der Waals surface area contributed by atoms with Gasteiger partial charge < -0.3 is 5.32 Å². The van der Waals surface area contributed by atoms with Crippen molar-refractivity contribution >= 4 is 5.82 Å². The monoisotopic (exact) mass is 399 g/mol. The molecule has 0 bridgehead atoms. The number of benzene rings is 1. The van der Waals surface area contributed by atoms with E-state index >= 15 is 0 Å². The second-order valence-electron chi connectivity index (χ2n) is 8.26. The Hall–Kier alpha value is -3.48. The van der Waals surface area contributed by atoms with Crippen LogP contribution in [0.1, 0.15) is 19.8 Å². The van der Waals surface area contributed by atoms with Crippen LogP contribution < -0.4 is 5.32 Å². The highest BCUT2D eigenvalue weighted by Crippen LogP contribution is 2.34. The minimum atomic E-state index is 0.458. The number of hydrogen-bond donors (Lipinski definition) is 1. The second kappa shape index (κ2) is 7.40. The first kappa shape index (κ1) is 18.5. The molecule has 152 valence electrons. The Labute approximate surface area is 175 Å². The zero-order chi connectivity index (χ0) is 20.7. The Morgan fingerprint density at radius 3 is 2.27 bits per heavy atom. The van der Waals surface area contributed by atoms with Gasteiger partial charge in [-0.25, -0.2) is 9.97 Å². The topological polar surface area (TPSA) is 73.5 Å². The molecule has 1 saturated carbocycles. The Kier molecular flexibility index (Phi) is 4.58. The summed E-state index contributed by atoms with van der Waals surface area (Å²) in [5.41, 5.74) is 5.16. The van der Waals surface area contributed by atoms with Crippen molar-refractivity contribution in [2.45, 2.75) is 25.8 Å². The van der Waals surface area contributed by atoms with Gasteiger partial charge in [-0.05, 0) is 30.4 Å². The molecule has 3 aromatic heterocycles. The molecule has 0 spiro atoms. The fourth-order valence-corrected chi connectivity index (χ4v) is 4.02. The Balaban J connectivity index is 1.53. The lowest BCUT2D eigenvalue weighted by Crippen LogP contribution is -2.34. The van der Waals surface area contributed by atoms with E-state index < -0.39 is 0 Å². The SMILES string of the molecule is Cn1cc(-c2cccc(-c3ncc(-c4cnn(C)c4)c(N[C@H]4C[C@@H](C)C4)n3)c2)cn1. The van der Waals surface area contributed by atoms with Crippen molar-refractivity contribution in [3.63, 3.8) is 0 Å². The van der Waals surface area contributed by atoms with Crippen LogP contribution >= 0.6 is 0 Å². The summed E-state index contributed by atoms with van der Waals surface area (Å²) in [6, 6.07) is 8.75. The lowest BCUT2D eigenvalue weighted by atomic mass is 9.82. The number of aryl methyl sites for hydroxylation is 2. The molecule has 0 atom stereocenters. The quantitative estimate of drug-likeness (QED) is 0.546. The van der Waals surface area contributed by atoms with Crippen molar-refractivity contribution in [1.82, 2.24) is 29.5 Å². The summed E-state index contributed by atoms with van der Waals surface area (Å²) in [6.45, 7) is 2.29. The summed E-state index contributed by atoms with van der Waals surface area (Å²) in [5.74, 6) is 2.35. The fraction of sp³-hybridized carbons (Fsp3) is 0.304. The molecular formula is C23H25N7. The third-order valence-electron chi connectivity index (χ3n) is 5.68. The molecule has 1 aromatic carbocycles. The van der Waals surface area contributed by atoms with Gasteiger partial charge >= 0.3 is 0 Å². The van der Waals surface area contributed by atoms with E-state index in [9.17, 15) is 0 Å². The molecule has 1 fully saturated rings. The molecule has 4 aromatic rings. The molecule has 5 rings (SSSR count). The van der Waals surface area contributed by atoms with Crippen molar-refractivity contribution in [1.29, 1.82) is 0 Å². The van der Waals surface area contributed by atoms with Crippen molar-refractivity contribution < 1.29 is 0 Å². The first-order valence-electron chi connectivity index (χ1n) is 10.3. The van der Waals surface area contributed by atoms with Crippen LogP contribution in [0.25, 0.3) is 33.6 Å². The van der Waals surface area contributed by atoms with Crippen LogP contribution in [0.4, 0.5) is 5.82 Å². The van der Waals surface area contributed by atoms with Crippen molar-refractivity contribution in [2.75, 3.05) is 5.32 Å². The van der Waals surface area contributed by atoms with Crippen LogP contribution in [0.15, 0.2) is 55.2 Å². The Bertz CT molecular complexity index is 1180. The molecule has 0 radical (unpaired) electrons. The molecule has 7 nitrogen and oxygen atoms in total. The number of rotatable bonds is 5. The highest BCUT2D eigenvalue weighted by atomic mass is 15.2. The van der Waals surface area contributed by atoms with Gasteiger partial charge in [-0.1, -0.05) is 25.1 Å². The van der Waals surface area contributed by atoms with Crippen LogP contribution in [0.3, 0.4) is 0 Å². The average Bonchev–Trinajstić information content (AvgIpc) is 3.35. The third kappa shape index (κ3) is 3.58. The zero-order valence-corrected chi connectivity index (χ0v) is 17.4. The van der Waals surface area contributed by atoms with Gasteiger partial charge in [0, 0.05) is 61.0 Å². The lowest BCUT2D eigenvalue weighted by molar-refractivity contribution is 0.308. The summed E-state index contributed by atoms with van der Waals surface area (Å²) in [6.07, 6.45) is 12.0. The van der Waals surface area contributed by atoms with E-state index in [2.05, 4.69) is 34.6 Å². The molecule has 3 heterocycles. The number of anilines is 1. The van der Waals surface area contributed by atoms with Crippen LogP contribution in [0, 0.1) is 5.92 Å². The van der Waals surface area contributed by atoms with Crippen LogP contribution in [-0.4, -0.2) is 35.6 Å². The predicted octanol–water partition coefficient (Wildman–Crippen LogP) is 4.16. The Morgan fingerprint density at radius 2 is 1.60 bits per heavy atom. The number of nitrogens with one attached hydrogen (secondary N) is 1. The molecule has 7 heteroatoms. The third-order valence-corrected chi connectivity index (χ3v) is 5.68. The first-order chi connectivity index (χ1) is 14.5. The van der Waals surface area contributed by atoms with Gasteiger partial charge in [-0.3, -0.25) is 9.36 Å². The maximum Gasteiger partial charge on any atom is 0.161 e. The van der Waals surface area contributed by atoms with Crippen LogP contribution in [0.2, 0.25) is 0 Å². The summed E-state index contributed by atoms with van der Waals surface area (Å²) in [7, 11) is 3.84. The van der Waals surface area contributed by atoms with Gasteiger partial charge in [0.15, 0.2) is 5.82 Å². The number of aromatic nitrogens is 6. The van der Waals surface area contributed by atoms with E-state index in [1.54, 1.807) is 4.68 Å². The zero-order valence-electron chi connectivity index (χ0n) is 17.4. The minimum absolute atomic E-state index is 0.458. The first-order valence-corrected chi connectivity index (χ1v) is 10.3. The maximum atomic E-state index is 4.94. The number of nitrogens with zero attached hydrogens (tertiary/aromatic N) is 6. The molecule has 0 unspecified atom stereocenters. The van der Waals surface area contributed by atoms with Crippen molar-refractivity contribution in [3.8, 4) is 33.6 Å². The molecule has 0 saturated heterocycles. The summed E-state index contributed by atoms with van der Waals surface area (Å²) in [5, 5.41) is 12.2. The standard InChI is InChI=1S/C23H25N7/c1-15-7-20(8-15)27-23-21(19-11-26-30(3)14-19)12-24-22(28-23)17-6-4-5-16(9-17)18-10-25-29(2)13-18/h4-6,9-15,20H,7-8H2,1-3H3,(H,24,27,28)/t15-,20+. The smallest absolute Gasteiger partial charge is 0.161 e. The molecule has 0 amide bonds. The molecular weight excluding hydrogens is 374 g/mol. The van der Waals surface area contributed by atoms with Gasteiger partial charge in [0.25, 0.3) is 0 Å². The molecule has 0 aliphatic heterocycles. The van der Waals surface area contributed by atoms with Gasteiger partial charge in [0.05, 0.1) is 12.4 Å². The summed E-state index contributed by atoms with van der Waals surface area (Å²) in [4.78, 5) is 9.63. The van der Waals surface area contributed by atoms with Gasteiger partial charge in [0.1, 0.15) is 5.82 Å². The van der Waals surface area contributed by atoms with E-state index in [4.69, 9.17) is 9.97 Å². The lowest BCUT2D eigenvalue weighted by Gasteiger charge is -2.34. The molecule has 1 N–H and O–H groups in total. The van der Waals surface area contributed by atoms with E-state index in [0.29, 0.717) is 11.9 Å². The normalized spacial score (nSPS) is 18.2. The fourth-order valence-electron chi connectivity index (χ4n) is 4.02. The minimum Gasteiger partial charge on any atom is -0.367 e. The highest BCUT2D eigenvalue weighted by molar-refractivity contribution is 5.76. The van der Waals surface area contributed by atoms with E-state index in [0.717, 1.165) is 39.6 Å². The highest BCUT2D eigenvalue weighted by Gasteiger charge is 2.26. The van der Waals surface area contributed by atoms with Crippen molar-refractivity contribution in [3.05, 3.63) is 55.2 Å². The van der Waals surface area contributed by atoms with Crippen LogP contribution in [-0.2, 0) is 14.1 Å². The predicted molar refractivity (Wildman–Crippen MR) is 118 cm³/mol. The number of hydrogen-bond acceptors (Lipinski definition) is 5. The largest absolute Gasteiger partial charge is 0.367 e. The van der Waals surface area contributed by atoms with Crippen molar-refractivity contribution in [2.24, 2.45) is 20.0 Å². The summed E-state index contributed by atoms with van der Waals surface area (Å²) >= 11 is 0.